The third-order valence-corrected chi connectivity index (χ3v) is 2.58. The van der Waals surface area contributed by atoms with Crippen molar-refractivity contribution in [3.63, 3.8) is 0 Å². The Morgan fingerprint density at radius 3 is 2.43 bits per heavy atom. The molecular formula is C10H19N3O. The molecule has 2 N–H and O–H groups in total. The molecule has 0 aliphatic carbocycles. The van der Waals surface area contributed by atoms with Crippen LogP contribution in [0, 0.1) is 0 Å². The molecule has 0 aliphatic rings. The summed E-state index contributed by atoms with van der Waals surface area (Å²) in [5.41, 5.74) is 1.12. The van der Waals surface area contributed by atoms with Crippen LogP contribution in [0.3, 0.4) is 0 Å². The fourth-order valence-electron chi connectivity index (χ4n) is 1.83. The summed E-state index contributed by atoms with van der Waals surface area (Å²) in [7, 11) is 0. The predicted molar refractivity (Wildman–Crippen MR) is 55.1 cm³/mol. The predicted octanol–water partition coefficient (Wildman–Crippen LogP) is 1.63. The number of aryl methyl sites for hydroxylation is 1. The topological polar surface area (TPSA) is 61.8 Å². The Kier molecular flexibility index (Phi) is 3.26. The molecule has 0 saturated heterocycles. The molecule has 4 heteroatoms. The van der Waals surface area contributed by atoms with Crippen molar-refractivity contribution < 1.29 is 5.11 Å². The number of hydrogen-bond donors (Lipinski definition) is 2. The standard InChI is InChI=1S/C10H19N3O/c1-5-7(10(3,4)14)9-8(6-2)11-13-12-9/h7,14H,5-6H2,1-4H3,(H,11,12,13). The summed E-state index contributed by atoms with van der Waals surface area (Å²) in [4.78, 5) is 0. The van der Waals surface area contributed by atoms with Gasteiger partial charge in [-0.3, -0.25) is 0 Å². The highest BCUT2D eigenvalue weighted by molar-refractivity contribution is 5.17. The maximum absolute atomic E-state index is 9.99. The fourth-order valence-corrected chi connectivity index (χ4v) is 1.83. The van der Waals surface area contributed by atoms with Crippen molar-refractivity contribution in [2.45, 2.75) is 52.1 Å². The molecule has 80 valence electrons. The molecule has 0 fully saturated rings. The van der Waals surface area contributed by atoms with Gasteiger partial charge in [0.05, 0.1) is 17.0 Å². The molecule has 14 heavy (non-hydrogen) atoms. The number of rotatable bonds is 4. The normalized spacial score (nSPS) is 14.4. The molecule has 1 unspecified atom stereocenters. The third kappa shape index (κ3) is 2.12. The number of nitrogens with one attached hydrogen (secondary N) is 1. The number of aromatic amines is 1. The molecule has 0 aliphatic heterocycles. The first-order valence-electron chi connectivity index (χ1n) is 5.12. The Labute approximate surface area is 84.7 Å². The van der Waals surface area contributed by atoms with Crippen LogP contribution in [0.4, 0.5) is 0 Å². The molecule has 1 rings (SSSR count). The lowest BCUT2D eigenvalue weighted by Gasteiger charge is -2.27. The van der Waals surface area contributed by atoms with E-state index in [0.29, 0.717) is 0 Å². The van der Waals surface area contributed by atoms with Gasteiger partial charge >= 0.3 is 0 Å². The molecule has 0 amide bonds. The van der Waals surface area contributed by atoms with Gasteiger partial charge in [-0.2, -0.15) is 15.4 Å². The van der Waals surface area contributed by atoms with E-state index in [1.807, 2.05) is 20.8 Å². The minimum Gasteiger partial charge on any atom is -0.390 e. The average Bonchev–Trinajstić information content (AvgIpc) is 2.51. The van der Waals surface area contributed by atoms with Gasteiger partial charge in [0.2, 0.25) is 0 Å². The molecule has 1 aromatic heterocycles. The molecule has 0 saturated carbocycles. The Bertz CT molecular complexity index is 288. The average molecular weight is 197 g/mol. The van der Waals surface area contributed by atoms with Crippen molar-refractivity contribution in [1.29, 1.82) is 0 Å². The highest BCUT2D eigenvalue weighted by atomic mass is 16.3. The van der Waals surface area contributed by atoms with Crippen molar-refractivity contribution in [3.8, 4) is 0 Å². The van der Waals surface area contributed by atoms with Crippen LogP contribution in [-0.4, -0.2) is 26.1 Å². The van der Waals surface area contributed by atoms with Crippen molar-refractivity contribution in [2.75, 3.05) is 0 Å². The van der Waals surface area contributed by atoms with E-state index in [4.69, 9.17) is 0 Å². The van der Waals surface area contributed by atoms with E-state index >= 15 is 0 Å². The van der Waals surface area contributed by atoms with Crippen LogP contribution < -0.4 is 0 Å². The van der Waals surface area contributed by atoms with Crippen LogP contribution >= 0.6 is 0 Å². The van der Waals surface area contributed by atoms with Gasteiger partial charge < -0.3 is 5.11 Å². The van der Waals surface area contributed by atoms with E-state index in [2.05, 4.69) is 22.3 Å². The van der Waals surface area contributed by atoms with Crippen LogP contribution in [0.5, 0.6) is 0 Å². The van der Waals surface area contributed by atoms with E-state index in [1.165, 1.54) is 0 Å². The summed E-state index contributed by atoms with van der Waals surface area (Å²) in [5.74, 6) is 0.0520. The van der Waals surface area contributed by atoms with Gasteiger partial charge in [0.25, 0.3) is 0 Å². The largest absolute Gasteiger partial charge is 0.390 e. The van der Waals surface area contributed by atoms with Gasteiger partial charge in [-0.15, -0.1) is 0 Å². The van der Waals surface area contributed by atoms with E-state index in [1.54, 1.807) is 0 Å². The Morgan fingerprint density at radius 2 is 2.00 bits per heavy atom. The monoisotopic (exact) mass is 197 g/mol. The third-order valence-electron chi connectivity index (χ3n) is 2.58. The minimum atomic E-state index is -0.741. The summed E-state index contributed by atoms with van der Waals surface area (Å²) >= 11 is 0. The van der Waals surface area contributed by atoms with E-state index in [9.17, 15) is 5.11 Å². The van der Waals surface area contributed by atoms with E-state index < -0.39 is 5.60 Å². The number of hydrogen-bond acceptors (Lipinski definition) is 3. The van der Waals surface area contributed by atoms with Gasteiger partial charge in [-0.05, 0) is 26.7 Å². The van der Waals surface area contributed by atoms with Crippen molar-refractivity contribution in [3.05, 3.63) is 11.4 Å². The molecular weight excluding hydrogens is 178 g/mol. The van der Waals surface area contributed by atoms with E-state index in [0.717, 1.165) is 24.2 Å². The first kappa shape index (κ1) is 11.2. The van der Waals surface area contributed by atoms with Crippen molar-refractivity contribution in [1.82, 2.24) is 15.4 Å². The lowest BCUT2D eigenvalue weighted by molar-refractivity contribution is 0.0465. The molecule has 4 nitrogen and oxygen atoms in total. The molecule has 1 heterocycles. The summed E-state index contributed by atoms with van der Waals surface area (Å²) < 4.78 is 0. The highest BCUT2D eigenvalue weighted by Crippen LogP contribution is 2.30. The molecule has 1 atom stereocenters. The highest BCUT2D eigenvalue weighted by Gasteiger charge is 2.30. The smallest absolute Gasteiger partial charge is 0.0915 e. The van der Waals surface area contributed by atoms with Gasteiger partial charge in [-0.1, -0.05) is 13.8 Å². The lowest BCUT2D eigenvalue weighted by atomic mass is 9.85. The number of H-pyrrole nitrogens is 1. The fraction of sp³-hybridized carbons (Fsp3) is 0.800. The first-order valence-corrected chi connectivity index (χ1v) is 5.12. The Morgan fingerprint density at radius 1 is 1.36 bits per heavy atom. The molecule has 0 aromatic carbocycles. The summed E-state index contributed by atoms with van der Waals surface area (Å²) in [6.07, 6.45) is 1.71. The van der Waals surface area contributed by atoms with Crippen molar-refractivity contribution in [2.24, 2.45) is 0 Å². The SMILES string of the molecule is CCc1n[nH]nc1C(CC)C(C)(C)O. The maximum atomic E-state index is 9.99. The van der Waals surface area contributed by atoms with Crippen LogP contribution in [0.1, 0.15) is 51.4 Å². The zero-order chi connectivity index (χ0) is 10.8. The van der Waals surface area contributed by atoms with E-state index in [-0.39, 0.29) is 5.92 Å². The van der Waals surface area contributed by atoms with Crippen LogP contribution in [0.2, 0.25) is 0 Å². The molecule has 1 aromatic rings. The van der Waals surface area contributed by atoms with Crippen LogP contribution in [0.25, 0.3) is 0 Å². The van der Waals surface area contributed by atoms with Gasteiger partial charge in [0.1, 0.15) is 0 Å². The Balaban J connectivity index is 3.01. The van der Waals surface area contributed by atoms with Crippen molar-refractivity contribution >= 4 is 0 Å². The van der Waals surface area contributed by atoms with Gasteiger partial charge in [0.15, 0.2) is 0 Å². The second kappa shape index (κ2) is 4.09. The zero-order valence-corrected chi connectivity index (χ0v) is 9.33. The number of nitrogens with zero attached hydrogens (tertiary/aromatic N) is 2. The second-order valence-electron chi connectivity index (χ2n) is 4.12. The maximum Gasteiger partial charge on any atom is 0.0915 e. The van der Waals surface area contributed by atoms with Gasteiger partial charge in [-0.25, -0.2) is 0 Å². The van der Waals surface area contributed by atoms with Crippen LogP contribution in [-0.2, 0) is 6.42 Å². The number of aromatic nitrogens is 3. The lowest BCUT2D eigenvalue weighted by Crippen LogP contribution is -2.29. The summed E-state index contributed by atoms with van der Waals surface area (Å²) in [6.45, 7) is 7.72. The molecule has 0 spiro atoms. The summed E-state index contributed by atoms with van der Waals surface area (Å²) in [6, 6.07) is 0. The summed E-state index contributed by atoms with van der Waals surface area (Å²) in [5, 5.41) is 20.8. The number of aliphatic hydroxyl groups is 1. The molecule has 0 bridgehead atoms. The van der Waals surface area contributed by atoms with Gasteiger partial charge in [0, 0.05) is 5.92 Å². The molecule has 0 radical (unpaired) electrons. The minimum absolute atomic E-state index is 0.0520. The second-order valence-corrected chi connectivity index (χ2v) is 4.12. The Hall–Kier alpha value is -0.900. The first-order chi connectivity index (χ1) is 6.50. The van der Waals surface area contributed by atoms with Crippen LogP contribution in [0.15, 0.2) is 0 Å². The zero-order valence-electron chi connectivity index (χ0n) is 9.33. The quantitative estimate of drug-likeness (QED) is 0.771.